The zero-order chi connectivity index (χ0) is 12.3. The van der Waals surface area contributed by atoms with Gasteiger partial charge in [0.05, 0.1) is 6.54 Å². The van der Waals surface area contributed by atoms with Crippen molar-refractivity contribution in [3.8, 4) is 0 Å². The Morgan fingerprint density at radius 1 is 1.41 bits per heavy atom. The van der Waals surface area contributed by atoms with E-state index < -0.39 is 0 Å². The van der Waals surface area contributed by atoms with Crippen molar-refractivity contribution < 1.29 is 0 Å². The highest BCUT2D eigenvalue weighted by Gasteiger charge is 2.21. The molecule has 0 amide bonds. The average Bonchev–Trinajstić information content (AvgIpc) is 2.72. The van der Waals surface area contributed by atoms with Crippen LogP contribution in [0.2, 0.25) is 0 Å². The minimum atomic E-state index is 0.630. The standard InChI is InChI=1S/C11H21N5S/c1-4-12-11-14-13-10(17-11)8-16-6-5-15(3)9(2)7-16/h9H,4-8H2,1-3H3,(H,12,14). The van der Waals surface area contributed by atoms with Crippen LogP contribution in [0.25, 0.3) is 0 Å². The van der Waals surface area contributed by atoms with Crippen molar-refractivity contribution >= 4 is 16.5 Å². The van der Waals surface area contributed by atoms with E-state index in [1.54, 1.807) is 11.3 Å². The molecule has 0 bridgehead atoms. The molecule has 1 aliphatic rings. The molecule has 1 atom stereocenters. The fourth-order valence-electron chi connectivity index (χ4n) is 2.00. The van der Waals surface area contributed by atoms with Crippen LogP contribution in [-0.4, -0.2) is 59.3 Å². The van der Waals surface area contributed by atoms with Crippen LogP contribution < -0.4 is 5.32 Å². The summed E-state index contributed by atoms with van der Waals surface area (Å²) in [6, 6.07) is 0.630. The van der Waals surface area contributed by atoms with Gasteiger partial charge >= 0.3 is 0 Å². The number of rotatable bonds is 4. The first-order chi connectivity index (χ1) is 8.19. The van der Waals surface area contributed by atoms with Gasteiger partial charge in [-0.05, 0) is 20.9 Å². The number of nitrogens with zero attached hydrogens (tertiary/aromatic N) is 4. The summed E-state index contributed by atoms with van der Waals surface area (Å²) in [5.41, 5.74) is 0. The Morgan fingerprint density at radius 3 is 2.94 bits per heavy atom. The van der Waals surface area contributed by atoms with Gasteiger partial charge in [0.15, 0.2) is 0 Å². The number of anilines is 1. The minimum Gasteiger partial charge on any atom is -0.360 e. The highest BCUT2D eigenvalue weighted by molar-refractivity contribution is 7.15. The van der Waals surface area contributed by atoms with Crippen molar-refractivity contribution in [2.24, 2.45) is 0 Å². The number of aromatic nitrogens is 2. The van der Waals surface area contributed by atoms with Crippen LogP contribution in [0.3, 0.4) is 0 Å². The van der Waals surface area contributed by atoms with Crippen molar-refractivity contribution in [3.05, 3.63) is 5.01 Å². The normalized spacial score (nSPS) is 22.9. The van der Waals surface area contributed by atoms with Crippen LogP contribution in [0, 0.1) is 0 Å². The van der Waals surface area contributed by atoms with Crippen LogP contribution in [0.5, 0.6) is 0 Å². The molecule has 0 aliphatic carbocycles. The maximum Gasteiger partial charge on any atom is 0.205 e. The summed E-state index contributed by atoms with van der Waals surface area (Å²) >= 11 is 1.66. The summed E-state index contributed by atoms with van der Waals surface area (Å²) in [5.74, 6) is 0. The lowest BCUT2D eigenvalue weighted by molar-refractivity contribution is 0.0998. The Balaban J connectivity index is 1.87. The van der Waals surface area contributed by atoms with E-state index in [9.17, 15) is 0 Å². The van der Waals surface area contributed by atoms with Gasteiger partial charge in [0.2, 0.25) is 5.13 Å². The molecular weight excluding hydrogens is 234 g/mol. The maximum absolute atomic E-state index is 4.22. The van der Waals surface area contributed by atoms with Crippen LogP contribution in [0.1, 0.15) is 18.9 Å². The minimum absolute atomic E-state index is 0.630. The molecule has 5 nitrogen and oxygen atoms in total. The molecule has 6 heteroatoms. The maximum atomic E-state index is 4.22. The number of nitrogens with one attached hydrogen (secondary N) is 1. The van der Waals surface area contributed by atoms with E-state index in [1.807, 2.05) is 0 Å². The molecular formula is C11H21N5S. The fourth-order valence-corrected chi connectivity index (χ4v) is 2.85. The molecule has 0 spiro atoms. The Labute approximate surface area is 107 Å². The average molecular weight is 255 g/mol. The van der Waals surface area contributed by atoms with Gasteiger partial charge in [0.25, 0.3) is 0 Å². The van der Waals surface area contributed by atoms with Crippen LogP contribution in [0.4, 0.5) is 5.13 Å². The first-order valence-electron chi connectivity index (χ1n) is 6.18. The zero-order valence-corrected chi connectivity index (χ0v) is 11.6. The van der Waals surface area contributed by atoms with Crippen molar-refractivity contribution in [1.82, 2.24) is 20.0 Å². The molecule has 96 valence electrons. The van der Waals surface area contributed by atoms with Crippen molar-refractivity contribution in [1.29, 1.82) is 0 Å². The SMILES string of the molecule is CCNc1nnc(CN2CCN(C)C(C)C2)s1. The predicted octanol–water partition coefficient (Wildman–Crippen LogP) is 1.11. The second-order valence-electron chi connectivity index (χ2n) is 4.60. The second kappa shape index (κ2) is 5.75. The van der Waals surface area contributed by atoms with E-state index in [0.717, 1.165) is 42.9 Å². The summed E-state index contributed by atoms with van der Waals surface area (Å²) in [7, 11) is 2.19. The molecule has 1 aliphatic heterocycles. The van der Waals surface area contributed by atoms with Crippen molar-refractivity contribution in [2.45, 2.75) is 26.4 Å². The predicted molar refractivity (Wildman–Crippen MR) is 71.4 cm³/mol. The van der Waals surface area contributed by atoms with Crippen LogP contribution in [0.15, 0.2) is 0 Å². The number of hydrogen-bond acceptors (Lipinski definition) is 6. The fraction of sp³-hybridized carbons (Fsp3) is 0.818. The van der Waals surface area contributed by atoms with Crippen LogP contribution in [-0.2, 0) is 6.54 Å². The lowest BCUT2D eigenvalue weighted by atomic mass is 10.2. The number of piperazine rings is 1. The highest BCUT2D eigenvalue weighted by atomic mass is 32.1. The molecule has 17 heavy (non-hydrogen) atoms. The van der Waals surface area contributed by atoms with Crippen LogP contribution >= 0.6 is 11.3 Å². The first-order valence-corrected chi connectivity index (χ1v) is 6.99. The Kier molecular flexibility index (Phi) is 4.31. The first kappa shape index (κ1) is 12.7. The highest BCUT2D eigenvalue weighted by Crippen LogP contribution is 2.18. The van der Waals surface area contributed by atoms with Gasteiger partial charge in [-0.25, -0.2) is 0 Å². The zero-order valence-electron chi connectivity index (χ0n) is 10.8. The van der Waals surface area contributed by atoms with Gasteiger partial charge < -0.3 is 10.2 Å². The Hall–Kier alpha value is -0.720. The molecule has 1 saturated heterocycles. The molecule has 1 aromatic heterocycles. The third-order valence-electron chi connectivity index (χ3n) is 3.20. The van der Waals surface area contributed by atoms with Gasteiger partial charge in [-0.3, -0.25) is 4.90 Å². The molecule has 0 saturated carbocycles. The van der Waals surface area contributed by atoms with E-state index in [-0.39, 0.29) is 0 Å². The number of hydrogen-bond donors (Lipinski definition) is 1. The summed E-state index contributed by atoms with van der Waals surface area (Å²) < 4.78 is 0. The molecule has 0 radical (unpaired) electrons. The monoisotopic (exact) mass is 255 g/mol. The smallest absolute Gasteiger partial charge is 0.205 e. The van der Waals surface area contributed by atoms with Crippen molar-refractivity contribution in [2.75, 3.05) is 38.5 Å². The molecule has 1 N–H and O–H groups in total. The lowest BCUT2D eigenvalue weighted by Crippen LogP contribution is -2.49. The summed E-state index contributed by atoms with van der Waals surface area (Å²) in [4.78, 5) is 4.86. The Bertz CT molecular complexity index is 353. The van der Waals surface area contributed by atoms with E-state index in [0.29, 0.717) is 6.04 Å². The molecule has 1 unspecified atom stereocenters. The third-order valence-corrected chi connectivity index (χ3v) is 4.06. The number of likely N-dealkylation sites (N-methyl/N-ethyl adjacent to an activating group) is 1. The van der Waals surface area contributed by atoms with Gasteiger partial charge in [0.1, 0.15) is 5.01 Å². The molecule has 1 aromatic rings. The van der Waals surface area contributed by atoms with E-state index in [1.165, 1.54) is 0 Å². The Morgan fingerprint density at radius 2 is 2.24 bits per heavy atom. The van der Waals surface area contributed by atoms with E-state index in [2.05, 4.69) is 46.2 Å². The van der Waals surface area contributed by atoms with Gasteiger partial charge in [0, 0.05) is 32.2 Å². The van der Waals surface area contributed by atoms with Gasteiger partial charge in [-0.15, -0.1) is 10.2 Å². The van der Waals surface area contributed by atoms with Crippen molar-refractivity contribution in [3.63, 3.8) is 0 Å². The third kappa shape index (κ3) is 3.37. The lowest BCUT2D eigenvalue weighted by Gasteiger charge is -2.37. The summed E-state index contributed by atoms with van der Waals surface area (Å²) in [6.07, 6.45) is 0. The topological polar surface area (TPSA) is 44.3 Å². The summed E-state index contributed by atoms with van der Waals surface area (Å²) in [5, 5.41) is 13.6. The summed E-state index contributed by atoms with van der Waals surface area (Å²) in [6.45, 7) is 9.56. The largest absolute Gasteiger partial charge is 0.360 e. The molecule has 0 aromatic carbocycles. The molecule has 2 rings (SSSR count). The van der Waals surface area contributed by atoms with E-state index >= 15 is 0 Å². The van der Waals surface area contributed by atoms with Gasteiger partial charge in [-0.2, -0.15) is 0 Å². The quantitative estimate of drug-likeness (QED) is 0.873. The van der Waals surface area contributed by atoms with E-state index in [4.69, 9.17) is 0 Å². The molecule has 2 heterocycles. The molecule has 1 fully saturated rings. The van der Waals surface area contributed by atoms with Gasteiger partial charge in [-0.1, -0.05) is 11.3 Å². The second-order valence-corrected chi connectivity index (χ2v) is 5.66.